The molecule has 0 saturated carbocycles. The summed E-state index contributed by atoms with van der Waals surface area (Å²) in [7, 11) is 1.42. The Labute approximate surface area is 219 Å². The smallest absolute Gasteiger partial charge is 0.286 e. The zero-order valence-corrected chi connectivity index (χ0v) is 22.0. The van der Waals surface area contributed by atoms with Gasteiger partial charge >= 0.3 is 0 Å². The van der Waals surface area contributed by atoms with Crippen LogP contribution in [0.25, 0.3) is 22.4 Å². The van der Waals surface area contributed by atoms with E-state index in [1.807, 2.05) is 20.8 Å². The highest BCUT2D eigenvalue weighted by molar-refractivity contribution is 5.98. The summed E-state index contributed by atoms with van der Waals surface area (Å²) in [6.45, 7) is 6.82. The van der Waals surface area contributed by atoms with E-state index >= 15 is 0 Å². The number of halogens is 2. The fourth-order valence-electron chi connectivity index (χ4n) is 3.71. The molecule has 0 aliphatic rings. The number of carbonyl (C=O) groups is 1. The number of ether oxygens (including phenoxy) is 1. The normalized spacial score (nSPS) is 12.0. The quantitative estimate of drug-likeness (QED) is 0.254. The number of aromatic hydroxyl groups is 1. The number of aromatic nitrogens is 2. The van der Waals surface area contributed by atoms with Crippen LogP contribution in [0.2, 0.25) is 0 Å². The molecular formula is C28H32F2N4O4. The largest absolute Gasteiger partial charge is 0.508 e. The van der Waals surface area contributed by atoms with Crippen LogP contribution in [0.1, 0.15) is 67.7 Å². The number of benzene rings is 2. The van der Waals surface area contributed by atoms with E-state index in [9.17, 15) is 18.7 Å². The summed E-state index contributed by atoms with van der Waals surface area (Å²) in [5, 5.41) is 12.7. The molecule has 4 N–H and O–H groups in total. The molecule has 0 unspecified atom stereocenters. The molecule has 4 aromatic rings. The van der Waals surface area contributed by atoms with Crippen molar-refractivity contribution in [3.05, 3.63) is 71.2 Å². The molecule has 0 radical (unpaired) electrons. The average molecular weight is 527 g/mol. The maximum Gasteiger partial charge on any atom is 0.286 e. The molecule has 0 aliphatic heterocycles. The second-order valence-electron chi connectivity index (χ2n) is 8.39. The van der Waals surface area contributed by atoms with Crippen LogP contribution in [-0.4, -0.2) is 28.1 Å². The minimum Gasteiger partial charge on any atom is -0.508 e. The number of hydrogen-bond acceptors (Lipinski definition) is 7. The highest BCUT2D eigenvalue weighted by Crippen LogP contribution is 2.37. The number of rotatable bonds is 8. The number of nitrogens with zero attached hydrogens (tertiary/aromatic N) is 2. The van der Waals surface area contributed by atoms with Crippen molar-refractivity contribution in [2.45, 2.75) is 52.6 Å². The van der Waals surface area contributed by atoms with E-state index < -0.39 is 23.6 Å². The molecule has 4 rings (SSSR count). The Balaban J connectivity index is 0.00000195. The SMILES string of the molecule is CC.CC[C@H](N)c1oc(-c2ccc(OC)c3nc(C(C)(F)F)ccc23)nc1C(=O)NCc1ccc(O)cc1. The van der Waals surface area contributed by atoms with Crippen molar-refractivity contribution in [2.75, 3.05) is 7.11 Å². The fourth-order valence-corrected chi connectivity index (χ4v) is 3.71. The van der Waals surface area contributed by atoms with Crippen LogP contribution in [-0.2, 0) is 12.5 Å². The van der Waals surface area contributed by atoms with Crippen molar-refractivity contribution in [2.24, 2.45) is 5.73 Å². The number of nitrogens with one attached hydrogen (secondary N) is 1. The lowest BCUT2D eigenvalue weighted by Gasteiger charge is -2.13. The highest BCUT2D eigenvalue weighted by atomic mass is 19.3. The molecule has 0 bridgehead atoms. The van der Waals surface area contributed by atoms with Gasteiger partial charge in [0.05, 0.1) is 13.2 Å². The first-order chi connectivity index (χ1) is 18.1. The molecule has 2 aromatic heterocycles. The van der Waals surface area contributed by atoms with Gasteiger partial charge in [-0.2, -0.15) is 8.78 Å². The summed E-state index contributed by atoms with van der Waals surface area (Å²) in [6, 6.07) is 11.8. The molecule has 202 valence electrons. The molecule has 0 aliphatic carbocycles. The first kappa shape index (κ1) is 28.5. The van der Waals surface area contributed by atoms with E-state index in [0.717, 1.165) is 12.5 Å². The predicted molar refractivity (Wildman–Crippen MR) is 141 cm³/mol. The van der Waals surface area contributed by atoms with Crippen molar-refractivity contribution < 1.29 is 27.8 Å². The van der Waals surface area contributed by atoms with Gasteiger partial charge in [0.2, 0.25) is 5.89 Å². The molecular weight excluding hydrogens is 494 g/mol. The summed E-state index contributed by atoms with van der Waals surface area (Å²) < 4.78 is 39.2. The molecule has 1 atom stereocenters. The minimum absolute atomic E-state index is 0.0340. The topological polar surface area (TPSA) is 124 Å². The molecule has 2 heterocycles. The Hall–Kier alpha value is -4.05. The number of pyridine rings is 1. The van der Waals surface area contributed by atoms with Gasteiger partial charge in [-0.05, 0) is 48.4 Å². The van der Waals surface area contributed by atoms with Gasteiger partial charge in [-0.1, -0.05) is 32.9 Å². The number of methoxy groups -OCH3 is 1. The van der Waals surface area contributed by atoms with E-state index in [1.54, 1.807) is 24.3 Å². The van der Waals surface area contributed by atoms with Gasteiger partial charge in [0.15, 0.2) is 11.5 Å². The summed E-state index contributed by atoms with van der Waals surface area (Å²) in [6.07, 6.45) is 0.493. The molecule has 38 heavy (non-hydrogen) atoms. The van der Waals surface area contributed by atoms with E-state index in [2.05, 4.69) is 15.3 Å². The summed E-state index contributed by atoms with van der Waals surface area (Å²) in [5.74, 6) is -2.87. The second-order valence-corrected chi connectivity index (χ2v) is 8.39. The molecule has 0 spiro atoms. The summed E-state index contributed by atoms with van der Waals surface area (Å²) >= 11 is 0. The molecule has 0 saturated heterocycles. The van der Waals surface area contributed by atoms with Crippen LogP contribution in [0.15, 0.2) is 52.9 Å². The van der Waals surface area contributed by atoms with Crippen molar-refractivity contribution in [3.8, 4) is 23.0 Å². The Morgan fingerprint density at radius 2 is 1.82 bits per heavy atom. The van der Waals surface area contributed by atoms with Crippen LogP contribution in [0.3, 0.4) is 0 Å². The third kappa shape index (κ3) is 6.08. The van der Waals surface area contributed by atoms with E-state index in [0.29, 0.717) is 23.1 Å². The van der Waals surface area contributed by atoms with Gasteiger partial charge in [-0.3, -0.25) is 4.79 Å². The molecule has 0 fully saturated rings. The van der Waals surface area contributed by atoms with Crippen LogP contribution in [0.5, 0.6) is 11.5 Å². The highest BCUT2D eigenvalue weighted by Gasteiger charge is 2.29. The van der Waals surface area contributed by atoms with Crippen molar-refractivity contribution in [1.29, 1.82) is 0 Å². The maximum absolute atomic E-state index is 13.9. The standard InChI is InChI=1S/C26H26F2N4O4.C2H6/c1-4-18(29)23-22(24(34)30-13-14-5-7-15(33)8-6-14)32-25(36-23)17-9-11-19(35-3)21-16(17)10-12-20(31-21)26(2,27)28;1-2/h5-12,18,33H,4,13,29H2,1-3H3,(H,30,34);1-2H3/t18-;/m0./s1. The van der Waals surface area contributed by atoms with Crippen molar-refractivity contribution in [1.82, 2.24) is 15.3 Å². The third-order valence-electron chi connectivity index (χ3n) is 5.75. The maximum atomic E-state index is 13.9. The Kier molecular flexibility index (Phi) is 9.00. The number of oxazole rings is 1. The second kappa shape index (κ2) is 12.0. The average Bonchev–Trinajstić information content (AvgIpc) is 3.37. The Bertz CT molecular complexity index is 1400. The van der Waals surface area contributed by atoms with E-state index in [4.69, 9.17) is 14.9 Å². The van der Waals surface area contributed by atoms with Crippen LogP contribution in [0.4, 0.5) is 8.78 Å². The zero-order valence-electron chi connectivity index (χ0n) is 22.0. The zero-order chi connectivity index (χ0) is 28.0. The number of hydrogen-bond donors (Lipinski definition) is 3. The first-order valence-electron chi connectivity index (χ1n) is 12.3. The summed E-state index contributed by atoms with van der Waals surface area (Å²) in [4.78, 5) is 21.6. The van der Waals surface area contributed by atoms with Crippen LogP contribution >= 0.6 is 0 Å². The number of phenols is 1. The Morgan fingerprint density at radius 1 is 1.13 bits per heavy atom. The van der Waals surface area contributed by atoms with Gasteiger partial charge in [-0.25, -0.2) is 9.97 Å². The number of fused-ring (bicyclic) bond motifs is 1. The minimum atomic E-state index is -3.14. The van der Waals surface area contributed by atoms with Crippen LogP contribution < -0.4 is 15.8 Å². The third-order valence-corrected chi connectivity index (χ3v) is 5.75. The van der Waals surface area contributed by atoms with Gasteiger partial charge in [-0.15, -0.1) is 0 Å². The molecule has 2 aromatic carbocycles. The monoisotopic (exact) mass is 526 g/mol. The van der Waals surface area contributed by atoms with Gasteiger partial charge in [0.25, 0.3) is 11.8 Å². The number of carbonyl (C=O) groups excluding carboxylic acids is 1. The van der Waals surface area contributed by atoms with Gasteiger partial charge in [0.1, 0.15) is 22.7 Å². The number of phenolic OH excluding ortho intramolecular Hbond substituents is 1. The van der Waals surface area contributed by atoms with E-state index in [-0.39, 0.29) is 35.2 Å². The predicted octanol–water partition coefficient (Wildman–Crippen LogP) is 6.08. The lowest BCUT2D eigenvalue weighted by atomic mass is 10.1. The van der Waals surface area contributed by atoms with Gasteiger partial charge in [0, 0.05) is 24.4 Å². The molecule has 8 nitrogen and oxygen atoms in total. The van der Waals surface area contributed by atoms with Crippen LogP contribution in [0, 0.1) is 0 Å². The lowest BCUT2D eigenvalue weighted by molar-refractivity contribution is 0.0131. The number of amides is 1. The lowest BCUT2D eigenvalue weighted by Crippen LogP contribution is -2.25. The van der Waals surface area contributed by atoms with Gasteiger partial charge < -0.3 is 25.3 Å². The summed E-state index contributed by atoms with van der Waals surface area (Å²) in [5.41, 5.74) is 7.29. The number of nitrogens with two attached hydrogens (primary N) is 1. The van der Waals surface area contributed by atoms with Crippen molar-refractivity contribution in [3.63, 3.8) is 0 Å². The van der Waals surface area contributed by atoms with E-state index in [1.165, 1.54) is 31.4 Å². The molecule has 1 amide bonds. The molecule has 10 heteroatoms. The number of alkyl halides is 2. The first-order valence-corrected chi connectivity index (χ1v) is 12.3. The Morgan fingerprint density at radius 3 is 2.42 bits per heavy atom. The van der Waals surface area contributed by atoms with Crippen molar-refractivity contribution >= 4 is 16.8 Å². The fraction of sp³-hybridized carbons (Fsp3) is 0.321.